The zero-order chi connectivity index (χ0) is 12.5. The van der Waals surface area contributed by atoms with Gasteiger partial charge in [0.2, 0.25) is 0 Å². The minimum absolute atomic E-state index is 0.154. The quantitative estimate of drug-likeness (QED) is 0.721. The highest BCUT2D eigenvalue weighted by Crippen LogP contribution is 2.32. The first-order chi connectivity index (χ1) is 8.00. The summed E-state index contributed by atoms with van der Waals surface area (Å²) < 4.78 is 5.53. The van der Waals surface area contributed by atoms with Crippen molar-refractivity contribution < 1.29 is 9.53 Å². The Morgan fingerprint density at radius 1 is 1.41 bits per heavy atom. The Hall–Kier alpha value is -0.220. The minimum atomic E-state index is -0.164. The van der Waals surface area contributed by atoms with Crippen molar-refractivity contribution in [1.29, 1.82) is 0 Å². The van der Waals surface area contributed by atoms with Crippen LogP contribution in [-0.4, -0.2) is 47.6 Å². The third-order valence-electron chi connectivity index (χ3n) is 3.62. The van der Waals surface area contributed by atoms with E-state index in [1.54, 1.807) is 0 Å². The molecule has 2 fully saturated rings. The van der Waals surface area contributed by atoms with Gasteiger partial charge in [-0.25, -0.2) is 0 Å². The molecule has 2 aliphatic heterocycles. The first kappa shape index (κ1) is 13.2. The standard InChI is InChI=1S/C13H23NO2S/c1-13(2,3)11-9-17-8-6-14(11)12(15)10-5-4-7-16-10/h10-11H,4-9H2,1-3H3/t10-,11?/m1/s1. The van der Waals surface area contributed by atoms with Crippen LogP contribution in [0, 0.1) is 5.41 Å². The van der Waals surface area contributed by atoms with E-state index in [0.29, 0.717) is 6.04 Å². The molecule has 3 nitrogen and oxygen atoms in total. The van der Waals surface area contributed by atoms with E-state index < -0.39 is 0 Å². The van der Waals surface area contributed by atoms with Gasteiger partial charge in [0.25, 0.3) is 5.91 Å². The van der Waals surface area contributed by atoms with Crippen molar-refractivity contribution in [1.82, 2.24) is 4.90 Å². The van der Waals surface area contributed by atoms with Gasteiger partial charge in [-0.1, -0.05) is 20.8 Å². The lowest BCUT2D eigenvalue weighted by molar-refractivity contribution is -0.145. The SMILES string of the molecule is CC(C)(C)C1CSCCN1C(=O)[C@H]1CCCO1. The summed E-state index contributed by atoms with van der Waals surface area (Å²) in [6, 6.07) is 0.345. The van der Waals surface area contributed by atoms with Crippen molar-refractivity contribution in [3.05, 3.63) is 0 Å². The van der Waals surface area contributed by atoms with Crippen LogP contribution in [0.15, 0.2) is 0 Å². The highest BCUT2D eigenvalue weighted by Gasteiger charge is 2.38. The fourth-order valence-electron chi connectivity index (χ4n) is 2.54. The second kappa shape index (κ2) is 5.19. The highest BCUT2D eigenvalue weighted by molar-refractivity contribution is 7.99. The molecule has 0 aliphatic carbocycles. The molecule has 0 aromatic carbocycles. The molecular formula is C13H23NO2S. The first-order valence-electron chi connectivity index (χ1n) is 6.50. The summed E-state index contributed by atoms with van der Waals surface area (Å²) in [5, 5.41) is 0. The molecule has 2 rings (SSSR count). The average Bonchev–Trinajstić information content (AvgIpc) is 2.80. The van der Waals surface area contributed by atoms with Crippen molar-refractivity contribution >= 4 is 17.7 Å². The number of amides is 1. The molecule has 1 amide bonds. The molecule has 0 spiro atoms. The van der Waals surface area contributed by atoms with E-state index in [2.05, 4.69) is 25.7 Å². The number of ether oxygens (including phenoxy) is 1. The van der Waals surface area contributed by atoms with E-state index in [1.807, 2.05) is 11.8 Å². The van der Waals surface area contributed by atoms with Gasteiger partial charge in [-0.3, -0.25) is 4.79 Å². The van der Waals surface area contributed by atoms with Gasteiger partial charge in [0, 0.05) is 30.7 Å². The number of hydrogen-bond acceptors (Lipinski definition) is 3. The van der Waals surface area contributed by atoms with Crippen LogP contribution < -0.4 is 0 Å². The molecule has 17 heavy (non-hydrogen) atoms. The monoisotopic (exact) mass is 257 g/mol. The second-order valence-corrected chi connectivity index (χ2v) is 7.14. The summed E-state index contributed by atoms with van der Waals surface area (Å²) in [6.07, 6.45) is 1.77. The Morgan fingerprint density at radius 3 is 2.76 bits per heavy atom. The molecule has 2 atom stereocenters. The van der Waals surface area contributed by atoms with E-state index in [9.17, 15) is 4.79 Å². The van der Waals surface area contributed by atoms with Crippen LogP contribution in [0.2, 0.25) is 0 Å². The number of hydrogen-bond donors (Lipinski definition) is 0. The van der Waals surface area contributed by atoms with Gasteiger partial charge in [0.1, 0.15) is 6.10 Å². The van der Waals surface area contributed by atoms with Crippen LogP contribution in [0.3, 0.4) is 0 Å². The van der Waals surface area contributed by atoms with Gasteiger partial charge in [-0.15, -0.1) is 0 Å². The summed E-state index contributed by atoms with van der Waals surface area (Å²) in [5.74, 6) is 2.34. The van der Waals surface area contributed by atoms with Gasteiger partial charge in [0.15, 0.2) is 0 Å². The van der Waals surface area contributed by atoms with Gasteiger partial charge >= 0.3 is 0 Å². The summed E-state index contributed by atoms with van der Waals surface area (Å²) in [5.41, 5.74) is 0.154. The smallest absolute Gasteiger partial charge is 0.252 e. The van der Waals surface area contributed by atoms with Gasteiger partial charge < -0.3 is 9.64 Å². The molecule has 0 bridgehead atoms. The van der Waals surface area contributed by atoms with E-state index in [0.717, 1.165) is 37.5 Å². The number of thioether (sulfide) groups is 1. The van der Waals surface area contributed by atoms with Crippen molar-refractivity contribution in [3.8, 4) is 0 Å². The molecule has 0 aromatic heterocycles. The topological polar surface area (TPSA) is 29.5 Å². The molecule has 0 aromatic rings. The third kappa shape index (κ3) is 2.97. The number of rotatable bonds is 1. The molecule has 0 N–H and O–H groups in total. The van der Waals surface area contributed by atoms with Crippen molar-refractivity contribution in [2.45, 2.75) is 45.8 Å². The Morgan fingerprint density at radius 2 is 2.18 bits per heavy atom. The zero-order valence-corrected chi connectivity index (χ0v) is 11.9. The maximum absolute atomic E-state index is 12.4. The first-order valence-corrected chi connectivity index (χ1v) is 7.65. The fraction of sp³-hybridized carbons (Fsp3) is 0.923. The fourth-order valence-corrected chi connectivity index (χ4v) is 3.94. The van der Waals surface area contributed by atoms with Crippen LogP contribution >= 0.6 is 11.8 Å². The summed E-state index contributed by atoms with van der Waals surface area (Å²) >= 11 is 1.96. The summed E-state index contributed by atoms with van der Waals surface area (Å²) in [4.78, 5) is 14.5. The van der Waals surface area contributed by atoms with Crippen LogP contribution in [0.25, 0.3) is 0 Å². The summed E-state index contributed by atoms with van der Waals surface area (Å²) in [6.45, 7) is 8.29. The number of nitrogens with zero attached hydrogens (tertiary/aromatic N) is 1. The summed E-state index contributed by atoms with van der Waals surface area (Å²) in [7, 11) is 0. The lowest BCUT2D eigenvalue weighted by Crippen LogP contribution is -2.54. The minimum Gasteiger partial charge on any atom is -0.368 e. The van der Waals surface area contributed by atoms with E-state index in [4.69, 9.17) is 4.74 Å². The maximum atomic E-state index is 12.4. The molecule has 0 saturated carbocycles. The molecule has 2 aliphatic rings. The van der Waals surface area contributed by atoms with Gasteiger partial charge in [-0.05, 0) is 18.3 Å². The third-order valence-corrected chi connectivity index (χ3v) is 4.64. The largest absolute Gasteiger partial charge is 0.368 e. The van der Waals surface area contributed by atoms with Crippen molar-refractivity contribution in [2.75, 3.05) is 24.7 Å². The van der Waals surface area contributed by atoms with Crippen LogP contribution in [0.4, 0.5) is 0 Å². The predicted molar refractivity (Wildman–Crippen MR) is 71.3 cm³/mol. The average molecular weight is 257 g/mol. The van der Waals surface area contributed by atoms with Crippen molar-refractivity contribution in [3.63, 3.8) is 0 Å². The lowest BCUT2D eigenvalue weighted by atomic mass is 9.86. The Labute approximate surface area is 108 Å². The Kier molecular flexibility index (Phi) is 4.03. The van der Waals surface area contributed by atoms with Crippen molar-refractivity contribution in [2.24, 2.45) is 5.41 Å². The van der Waals surface area contributed by atoms with E-state index in [-0.39, 0.29) is 17.4 Å². The molecule has 1 unspecified atom stereocenters. The number of carbonyl (C=O) groups excluding carboxylic acids is 1. The lowest BCUT2D eigenvalue weighted by Gasteiger charge is -2.43. The van der Waals surface area contributed by atoms with E-state index in [1.165, 1.54) is 0 Å². The zero-order valence-electron chi connectivity index (χ0n) is 11.1. The highest BCUT2D eigenvalue weighted by atomic mass is 32.2. The van der Waals surface area contributed by atoms with Gasteiger partial charge in [-0.2, -0.15) is 11.8 Å². The second-order valence-electron chi connectivity index (χ2n) is 5.99. The Bertz CT molecular complexity index is 282. The number of carbonyl (C=O) groups is 1. The molecule has 2 heterocycles. The molecule has 2 saturated heterocycles. The van der Waals surface area contributed by atoms with E-state index >= 15 is 0 Å². The predicted octanol–water partition coefficient (Wildman–Crippen LogP) is 2.16. The molecular weight excluding hydrogens is 234 g/mol. The van der Waals surface area contributed by atoms with Crippen LogP contribution in [0.5, 0.6) is 0 Å². The van der Waals surface area contributed by atoms with Crippen LogP contribution in [0.1, 0.15) is 33.6 Å². The van der Waals surface area contributed by atoms with Gasteiger partial charge in [0.05, 0.1) is 0 Å². The van der Waals surface area contributed by atoms with Crippen LogP contribution in [-0.2, 0) is 9.53 Å². The normalized spacial score (nSPS) is 30.6. The molecule has 4 heteroatoms. The molecule has 0 radical (unpaired) electrons. The molecule has 98 valence electrons. The Balaban J connectivity index is 2.07. The maximum Gasteiger partial charge on any atom is 0.252 e.